The molecular formula is C10H20N2. The molecule has 0 aliphatic carbocycles. The van der Waals surface area contributed by atoms with Crippen molar-refractivity contribution in [3.63, 3.8) is 0 Å². The summed E-state index contributed by atoms with van der Waals surface area (Å²) in [5.74, 6) is 5.91. The summed E-state index contributed by atoms with van der Waals surface area (Å²) in [6.07, 6.45) is 0. The van der Waals surface area contributed by atoms with E-state index in [0.717, 1.165) is 19.6 Å². The Hall–Kier alpha value is -0.520. The van der Waals surface area contributed by atoms with Crippen LogP contribution in [0.1, 0.15) is 20.8 Å². The van der Waals surface area contributed by atoms with Gasteiger partial charge in [-0.05, 0) is 25.9 Å². The highest BCUT2D eigenvalue weighted by molar-refractivity contribution is 4.97. The second-order valence-corrected chi connectivity index (χ2v) is 3.97. The standard InChI is InChI=1S/C10H20N2/c1-5-6-7-12(4)9-10(2,3)8-11/h7-9,11H2,1-4H3. The summed E-state index contributed by atoms with van der Waals surface area (Å²) >= 11 is 0. The largest absolute Gasteiger partial charge is 0.330 e. The van der Waals surface area contributed by atoms with Crippen molar-refractivity contribution < 1.29 is 0 Å². The Morgan fingerprint density at radius 1 is 1.42 bits per heavy atom. The molecule has 2 N–H and O–H groups in total. The van der Waals surface area contributed by atoms with Crippen molar-refractivity contribution in [2.24, 2.45) is 11.1 Å². The quantitative estimate of drug-likeness (QED) is 0.633. The lowest BCUT2D eigenvalue weighted by atomic mass is 9.93. The first-order valence-corrected chi connectivity index (χ1v) is 4.30. The first-order valence-electron chi connectivity index (χ1n) is 4.30. The van der Waals surface area contributed by atoms with E-state index in [1.165, 1.54) is 0 Å². The van der Waals surface area contributed by atoms with E-state index < -0.39 is 0 Å². The minimum atomic E-state index is 0.199. The van der Waals surface area contributed by atoms with E-state index in [1.807, 2.05) is 6.92 Å². The van der Waals surface area contributed by atoms with Gasteiger partial charge in [-0.25, -0.2) is 0 Å². The van der Waals surface area contributed by atoms with Crippen molar-refractivity contribution in [3.8, 4) is 11.8 Å². The topological polar surface area (TPSA) is 29.3 Å². The molecule has 0 saturated carbocycles. The number of hydrogen-bond acceptors (Lipinski definition) is 2. The van der Waals surface area contributed by atoms with Crippen molar-refractivity contribution in [1.82, 2.24) is 4.90 Å². The van der Waals surface area contributed by atoms with Gasteiger partial charge in [-0.3, -0.25) is 4.90 Å². The average Bonchev–Trinajstić information content (AvgIpc) is 2.00. The summed E-state index contributed by atoms with van der Waals surface area (Å²) in [6.45, 7) is 8.75. The highest BCUT2D eigenvalue weighted by Gasteiger charge is 2.16. The van der Waals surface area contributed by atoms with Gasteiger partial charge < -0.3 is 5.73 Å². The number of nitrogens with zero attached hydrogens (tertiary/aromatic N) is 1. The van der Waals surface area contributed by atoms with Crippen LogP contribution in [0.15, 0.2) is 0 Å². The van der Waals surface area contributed by atoms with Crippen molar-refractivity contribution in [3.05, 3.63) is 0 Å². The Labute approximate surface area is 76.1 Å². The molecule has 12 heavy (non-hydrogen) atoms. The van der Waals surface area contributed by atoms with Gasteiger partial charge in [-0.15, -0.1) is 5.92 Å². The van der Waals surface area contributed by atoms with Crippen LogP contribution in [0.5, 0.6) is 0 Å². The molecule has 2 nitrogen and oxygen atoms in total. The van der Waals surface area contributed by atoms with Crippen LogP contribution >= 0.6 is 0 Å². The second-order valence-electron chi connectivity index (χ2n) is 3.97. The van der Waals surface area contributed by atoms with Crippen LogP contribution in [-0.2, 0) is 0 Å². The predicted molar refractivity (Wildman–Crippen MR) is 53.8 cm³/mol. The van der Waals surface area contributed by atoms with Gasteiger partial charge in [0.25, 0.3) is 0 Å². The Morgan fingerprint density at radius 2 is 2.00 bits per heavy atom. The number of rotatable bonds is 4. The van der Waals surface area contributed by atoms with E-state index in [4.69, 9.17) is 5.73 Å². The van der Waals surface area contributed by atoms with Crippen LogP contribution in [0.3, 0.4) is 0 Å². The summed E-state index contributed by atoms with van der Waals surface area (Å²) in [5, 5.41) is 0. The lowest BCUT2D eigenvalue weighted by molar-refractivity contribution is 0.234. The van der Waals surface area contributed by atoms with Gasteiger partial charge in [0.05, 0.1) is 6.54 Å². The molecule has 0 amide bonds. The van der Waals surface area contributed by atoms with Crippen LogP contribution < -0.4 is 5.73 Å². The van der Waals surface area contributed by atoms with Crippen molar-refractivity contribution in [2.75, 3.05) is 26.7 Å². The maximum atomic E-state index is 5.62. The molecule has 0 atom stereocenters. The third kappa shape index (κ3) is 5.17. The number of hydrogen-bond donors (Lipinski definition) is 1. The third-order valence-corrected chi connectivity index (χ3v) is 1.78. The van der Waals surface area contributed by atoms with Gasteiger partial charge in [0, 0.05) is 6.54 Å². The van der Waals surface area contributed by atoms with Gasteiger partial charge in [-0.2, -0.15) is 0 Å². The normalized spacial score (nSPS) is 11.2. The van der Waals surface area contributed by atoms with Gasteiger partial charge in [0.2, 0.25) is 0 Å². The highest BCUT2D eigenvalue weighted by Crippen LogP contribution is 2.13. The lowest BCUT2D eigenvalue weighted by Crippen LogP contribution is -2.36. The van der Waals surface area contributed by atoms with E-state index in [0.29, 0.717) is 0 Å². The molecule has 0 heterocycles. The molecule has 0 aliphatic heterocycles. The van der Waals surface area contributed by atoms with E-state index in [9.17, 15) is 0 Å². The van der Waals surface area contributed by atoms with Crippen LogP contribution in [-0.4, -0.2) is 31.6 Å². The van der Waals surface area contributed by atoms with Crippen LogP contribution in [0.2, 0.25) is 0 Å². The minimum absolute atomic E-state index is 0.199. The van der Waals surface area contributed by atoms with E-state index in [2.05, 4.69) is 37.6 Å². The fraction of sp³-hybridized carbons (Fsp3) is 0.800. The number of nitrogens with two attached hydrogens (primary N) is 1. The van der Waals surface area contributed by atoms with Gasteiger partial charge >= 0.3 is 0 Å². The fourth-order valence-electron chi connectivity index (χ4n) is 1.07. The summed E-state index contributed by atoms with van der Waals surface area (Å²) in [4.78, 5) is 2.20. The highest BCUT2D eigenvalue weighted by atomic mass is 15.1. The average molecular weight is 168 g/mol. The molecule has 0 fully saturated rings. The molecule has 0 rings (SSSR count). The van der Waals surface area contributed by atoms with E-state index in [-0.39, 0.29) is 5.41 Å². The molecule has 0 aromatic carbocycles. The molecule has 70 valence electrons. The molecule has 0 bridgehead atoms. The van der Waals surface area contributed by atoms with Crippen LogP contribution in [0.4, 0.5) is 0 Å². The molecule has 0 radical (unpaired) electrons. The molecule has 0 saturated heterocycles. The maximum absolute atomic E-state index is 5.62. The second kappa shape index (κ2) is 5.18. The van der Waals surface area contributed by atoms with Gasteiger partial charge in [-0.1, -0.05) is 19.8 Å². The first kappa shape index (κ1) is 11.5. The summed E-state index contributed by atoms with van der Waals surface area (Å²) in [5.41, 5.74) is 5.82. The summed E-state index contributed by atoms with van der Waals surface area (Å²) in [6, 6.07) is 0. The van der Waals surface area contributed by atoms with Crippen LogP contribution in [0, 0.1) is 17.3 Å². The Balaban J connectivity index is 3.80. The van der Waals surface area contributed by atoms with Crippen molar-refractivity contribution in [1.29, 1.82) is 0 Å². The molecule has 2 heteroatoms. The summed E-state index contributed by atoms with van der Waals surface area (Å²) in [7, 11) is 2.07. The van der Waals surface area contributed by atoms with Crippen molar-refractivity contribution in [2.45, 2.75) is 20.8 Å². The van der Waals surface area contributed by atoms with Gasteiger partial charge in [0.1, 0.15) is 0 Å². The van der Waals surface area contributed by atoms with Gasteiger partial charge in [0.15, 0.2) is 0 Å². The zero-order valence-electron chi connectivity index (χ0n) is 8.65. The van der Waals surface area contributed by atoms with Crippen molar-refractivity contribution >= 4 is 0 Å². The molecule has 0 spiro atoms. The zero-order chi connectivity index (χ0) is 9.61. The Morgan fingerprint density at radius 3 is 2.42 bits per heavy atom. The van der Waals surface area contributed by atoms with E-state index >= 15 is 0 Å². The third-order valence-electron chi connectivity index (χ3n) is 1.78. The monoisotopic (exact) mass is 168 g/mol. The SMILES string of the molecule is CC#CCN(C)CC(C)(C)CN. The lowest BCUT2D eigenvalue weighted by Gasteiger charge is -2.27. The minimum Gasteiger partial charge on any atom is -0.330 e. The summed E-state index contributed by atoms with van der Waals surface area (Å²) < 4.78 is 0. The zero-order valence-corrected chi connectivity index (χ0v) is 8.65. The maximum Gasteiger partial charge on any atom is 0.0599 e. The Kier molecular flexibility index (Phi) is 4.96. The molecule has 0 aromatic rings. The smallest absolute Gasteiger partial charge is 0.0599 e. The molecule has 0 aromatic heterocycles. The molecule has 0 unspecified atom stereocenters. The first-order chi connectivity index (χ1) is 5.52. The Bertz CT molecular complexity index is 174. The predicted octanol–water partition coefficient (Wildman–Crippen LogP) is 0.926. The molecular weight excluding hydrogens is 148 g/mol. The molecule has 0 aliphatic rings. The van der Waals surface area contributed by atoms with E-state index in [1.54, 1.807) is 0 Å². The van der Waals surface area contributed by atoms with Crippen LogP contribution in [0.25, 0.3) is 0 Å². The fourth-order valence-corrected chi connectivity index (χ4v) is 1.07.